The summed E-state index contributed by atoms with van der Waals surface area (Å²) in [6, 6.07) is 3.55. The predicted molar refractivity (Wildman–Crippen MR) is 76.7 cm³/mol. The summed E-state index contributed by atoms with van der Waals surface area (Å²) in [6.45, 7) is 0.614. The van der Waals surface area contributed by atoms with E-state index >= 15 is 0 Å². The molecular weight excluding hydrogens is 274 g/mol. The van der Waals surface area contributed by atoms with Gasteiger partial charge in [0.15, 0.2) is 0 Å². The van der Waals surface area contributed by atoms with E-state index in [0.717, 1.165) is 10.4 Å². The topological polar surface area (TPSA) is 58.4 Å². The number of likely N-dealkylation sites (tertiary alicyclic amines) is 1. The van der Waals surface area contributed by atoms with Crippen LogP contribution in [0.4, 0.5) is 0 Å². The maximum absolute atomic E-state index is 12.5. The molecule has 0 aromatic carbocycles. The van der Waals surface area contributed by atoms with E-state index in [1.165, 1.54) is 11.3 Å². The molecule has 1 fully saturated rings. The van der Waals surface area contributed by atoms with Crippen molar-refractivity contribution in [2.24, 2.45) is 7.05 Å². The van der Waals surface area contributed by atoms with Crippen LogP contribution < -0.4 is 0 Å². The fraction of sp³-hybridized carbons (Fsp3) is 0.429. The number of carbonyl (C=O) groups is 1. The lowest BCUT2D eigenvalue weighted by molar-refractivity contribution is 0.0644. The second kappa shape index (κ2) is 5.38. The van der Waals surface area contributed by atoms with Gasteiger partial charge in [-0.15, -0.1) is 11.3 Å². The van der Waals surface area contributed by atoms with Gasteiger partial charge in [0.25, 0.3) is 5.91 Å². The number of rotatable bonds is 3. The lowest BCUT2D eigenvalue weighted by atomic mass is 10.0. The van der Waals surface area contributed by atoms with Gasteiger partial charge in [0, 0.05) is 19.8 Å². The first-order valence-electron chi connectivity index (χ1n) is 6.65. The molecule has 3 rings (SSSR count). The maximum Gasteiger partial charge on any atom is 0.264 e. The van der Waals surface area contributed by atoms with E-state index in [-0.39, 0.29) is 11.9 Å². The molecule has 1 aliphatic rings. The van der Waals surface area contributed by atoms with Crippen LogP contribution in [-0.2, 0) is 13.5 Å². The lowest BCUT2D eigenvalue weighted by Crippen LogP contribution is -2.40. The third-order valence-corrected chi connectivity index (χ3v) is 4.56. The molecule has 106 valence electrons. The van der Waals surface area contributed by atoms with Crippen molar-refractivity contribution in [3.05, 3.63) is 40.3 Å². The number of aliphatic hydroxyl groups is 1. The molecule has 1 N–H and O–H groups in total. The highest BCUT2D eigenvalue weighted by molar-refractivity contribution is 7.12. The monoisotopic (exact) mass is 291 g/mol. The summed E-state index contributed by atoms with van der Waals surface area (Å²) in [7, 11) is 1.86. The summed E-state index contributed by atoms with van der Waals surface area (Å²) in [4.78, 5) is 15.0. The fourth-order valence-corrected chi connectivity index (χ4v) is 3.38. The van der Waals surface area contributed by atoms with Gasteiger partial charge in [-0.25, -0.2) is 0 Å². The number of hydrogen-bond acceptors (Lipinski definition) is 4. The van der Waals surface area contributed by atoms with Crippen molar-refractivity contribution in [1.29, 1.82) is 0 Å². The quantitative estimate of drug-likeness (QED) is 0.927. The Kier molecular flexibility index (Phi) is 3.58. The van der Waals surface area contributed by atoms with Gasteiger partial charge in [-0.05, 0) is 29.9 Å². The van der Waals surface area contributed by atoms with E-state index in [1.807, 2.05) is 30.8 Å². The first-order chi connectivity index (χ1) is 9.65. The Morgan fingerprint density at radius 3 is 3.10 bits per heavy atom. The first-order valence-corrected chi connectivity index (χ1v) is 7.53. The van der Waals surface area contributed by atoms with Gasteiger partial charge in [0.05, 0.1) is 23.2 Å². The second-order valence-electron chi connectivity index (χ2n) is 5.13. The van der Waals surface area contributed by atoms with Gasteiger partial charge in [-0.1, -0.05) is 6.07 Å². The molecule has 0 unspecified atom stereocenters. The summed E-state index contributed by atoms with van der Waals surface area (Å²) in [6.07, 6.45) is 4.55. The first kappa shape index (κ1) is 13.3. The summed E-state index contributed by atoms with van der Waals surface area (Å²) >= 11 is 1.44. The van der Waals surface area contributed by atoms with Crippen molar-refractivity contribution in [3.8, 4) is 0 Å². The zero-order chi connectivity index (χ0) is 14.1. The zero-order valence-electron chi connectivity index (χ0n) is 11.3. The smallest absolute Gasteiger partial charge is 0.264 e. The predicted octanol–water partition coefficient (Wildman–Crippen LogP) is 1.30. The Labute approximate surface area is 121 Å². The molecule has 3 heterocycles. The molecule has 0 radical (unpaired) electrons. The highest BCUT2D eigenvalue weighted by atomic mass is 32.1. The number of nitrogens with zero attached hydrogens (tertiary/aromatic N) is 3. The molecule has 0 saturated carbocycles. The van der Waals surface area contributed by atoms with Gasteiger partial charge >= 0.3 is 0 Å². The number of aromatic nitrogens is 2. The normalized spacial score (nSPS) is 22.4. The van der Waals surface area contributed by atoms with Crippen LogP contribution in [0.5, 0.6) is 0 Å². The SMILES string of the molecule is Cn1cc(C[C@@H]2[C@@H](O)CCN2C(=O)c2cccs2)cn1. The van der Waals surface area contributed by atoms with Crippen LogP contribution in [0.3, 0.4) is 0 Å². The van der Waals surface area contributed by atoms with Gasteiger partial charge in [0.2, 0.25) is 0 Å². The number of aliphatic hydroxyl groups excluding tert-OH is 1. The minimum atomic E-state index is -0.459. The van der Waals surface area contributed by atoms with E-state index in [4.69, 9.17) is 0 Å². The van der Waals surface area contributed by atoms with Crippen molar-refractivity contribution in [1.82, 2.24) is 14.7 Å². The van der Waals surface area contributed by atoms with Crippen LogP contribution in [0.1, 0.15) is 21.7 Å². The average Bonchev–Trinajstić information content (AvgIpc) is 3.13. The van der Waals surface area contributed by atoms with Gasteiger partial charge in [-0.2, -0.15) is 5.10 Å². The summed E-state index contributed by atoms with van der Waals surface area (Å²) in [5.41, 5.74) is 1.04. The van der Waals surface area contributed by atoms with Crippen molar-refractivity contribution >= 4 is 17.2 Å². The van der Waals surface area contributed by atoms with E-state index in [9.17, 15) is 9.90 Å². The Hall–Kier alpha value is -1.66. The number of carbonyl (C=O) groups excluding carboxylic acids is 1. The van der Waals surface area contributed by atoms with Crippen LogP contribution in [0.15, 0.2) is 29.9 Å². The molecule has 2 aromatic heterocycles. The Morgan fingerprint density at radius 1 is 1.60 bits per heavy atom. The Morgan fingerprint density at radius 2 is 2.45 bits per heavy atom. The van der Waals surface area contributed by atoms with Crippen LogP contribution in [-0.4, -0.2) is 44.4 Å². The molecule has 0 bridgehead atoms. The molecule has 0 spiro atoms. The van der Waals surface area contributed by atoms with Gasteiger partial charge in [-0.3, -0.25) is 9.48 Å². The van der Waals surface area contributed by atoms with Gasteiger partial charge in [0.1, 0.15) is 0 Å². The molecule has 2 atom stereocenters. The summed E-state index contributed by atoms with van der Waals surface area (Å²) in [5.74, 6) is 0.0189. The minimum absolute atomic E-state index is 0.0189. The van der Waals surface area contributed by atoms with Crippen molar-refractivity contribution in [2.75, 3.05) is 6.54 Å². The summed E-state index contributed by atoms with van der Waals surface area (Å²) < 4.78 is 1.74. The number of aryl methyl sites for hydroxylation is 1. The summed E-state index contributed by atoms with van der Waals surface area (Å²) in [5, 5.41) is 16.2. The van der Waals surface area contributed by atoms with E-state index in [1.54, 1.807) is 15.8 Å². The van der Waals surface area contributed by atoms with Crippen LogP contribution >= 0.6 is 11.3 Å². The Balaban J connectivity index is 1.78. The zero-order valence-corrected chi connectivity index (χ0v) is 12.1. The van der Waals surface area contributed by atoms with Crippen LogP contribution in [0.2, 0.25) is 0 Å². The molecule has 6 heteroatoms. The molecule has 5 nitrogen and oxygen atoms in total. The highest BCUT2D eigenvalue weighted by Crippen LogP contribution is 2.25. The van der Waals surface area contributed by atoms with E-state index < -0.39 is 6.10 Å². The maximum atomic E-state index is 12.5. The molecular formula is C14H17N3O2S. The Bertz CT molecular complexity index is 593. The van der Waals surface area contributed by atoms with Crippen molar-refractivity contribution in [3.63, 3.8) is 0 Å². The van der Waals surface area contributed by atoms with E-state index in [2.05, 4.69) is 5.10 Å². The molecule has 1 saturated heterocycles. The third-order valence-electron chi connectivity index (χ3n) is 3.71. The number of thiophene rings is 1. The number of hydrogen-bond donors (Lipinski definition) is 1. The standard InChI is InChI=1S/C14H17N3O2S/c1-16-9-10(8-15-16)7-11-12(18)4-5-17(11)14(19)13-3-2-6-20-13/h2-3,6,8-9,11-12,18H,4-5,7H2,1H3/t11-,12+/m1/s1. The molecule has 1 amide bonds. The highest BCUT2D eigenvalue weighted by Gasteiger charge is 2.36. The third kappa shape index (κ3) is 2.48. The second-order valence-corrected chi connectivity index (χ2v) is 6.07. The van der Waals surface area contributed by atoms with Crippen molar-refractivity contribution in [2.45, 2.75) is 25.0 Å². The molecule has 0 aliphatic carbocycles. The minimum Gasteiger partial charge on any atom is -0.391 e. The number of amides is 1. The van der Waals surface area contributed by atoms with E-state index in [0.29, 0.717) is 19.4 Å². The largest absolute Gasteiger partial charge is 0.391 e. The van der Waals surface area contributed by atoms with Crippen molar-refractivity contribution < 1.29 is 9.90 Å². The molecule has 2 aromatic rings. The van der Waals surface area contributed by atoms with Gasteiger partial charge < -0.3 is 10.0 Å². The molecule has 20 heavy (non-hydrogen) atoms. The van der Waals surface area contributed by atoms with Crippen LogP contribution in [0.25, 0.3) is 0 Å². The molecule has 1 aliphatic heterocycles. The van der Waals surface area contributed by atoms with Crippen LogP contribution in [0, 0.1) is 0 Å². The lowest BCUT2D eigenvalue weighted by Gasteiger charge is -2.25. The fourth-order valence-electron chi connectivity index (χ4n) is 2.70. The average molecular weight is 291 g/mol.